The predicted octanol–water partition coefficient (Wildman–Crippen LogP) is 2.27. The maximum Gasteiger partial charge on any atom is 0.185 e. The summed E-state index contributed by atoms with van der Waals surface area (Å²) in [7, 11) is 4.08. The second-order valence-corrected chi connectivity index (χ2v) is 5.02. The Bertz CT molecular complexity index is 307. The summed E-state index contributed by atoms with van der Waals surface area (Å²) >= 11 is 1.80. The van der Waals surface area contributed by atoms with Crippen molar-refractivity contribution in [2.24, 2.45) is 0 Å². The summed E-state index contributed by atoms with van der Waals surface area (Å²) in [6.07, 6.45) is 1.01. The summed E-state index contributed by atoms with van der Waals surface area (Å²) < 4.78 is 0. The summed E-state index contributed by atoms with van der Waals surface area (Å²) in [5.41, 5.74) is 1.23. The number of nitrogens with zero attached hydrogens (tertiary/aromatic N) is 2. The van der Waals surface area contributed by atoms with Crippen molar-refractivity contribution in [1.82, 2.24) is 10.3 Å². The molecule has 0 amide bonds. The molecule has 1 aromatic heterocycles. The van der Waals surface area contributed by atoms with Gasteiger partial charge in [-0.3, -0.25) is 0 Å². The number of nitrogens with one attached hydrogen (secondary N) is 1. The van der Waals surface area contributed by atoms with Crippen molar-refractivity contribution in [1.29, 1.82) is 0 Å². The fraction of sp³-hybridized carbons (Fsp3) is 0.727. The van der Waals surface area contributed by atoms with E-state index in [1.807, 2.05) is 7.05 Å². The molecule has 0 radical (unpaired) electrons. The van der Waals surface area contributed by atoms with Crippen molar-refractivity contribution < 1.29 is 0 Å². The first kappa shape index (κ1) is 12.5. The second-order valence-electron chi connectivity index (χ2n) is 3.95. The Balaban J connectivity index is 2.91. The number of rotatable bonds is 5. The molecule has 0 unspecified atom stereocenters. The molecule has 0 aliphatic rings. The summed E-state index contributed by atoms with van der Waals surface area (Å²) in [4.78, 5) is 8.26. The summed E-state index contributed by atoms with van der Waals surface area (Å²) in [6.45, 7) is 7.45. The van der Waals surface area contributed by atoms with E-state index in [4.69, 9.17) is 0 Å². The van der Waals surface area contributed by atoms with Crippen LogP contribution >= 0.6 is 11.3 Å². The topological polar surface area (TPSA) is 28.2 Å². The molecule has 1 heterocycles. The summed E-state index contributed by atoms with van der Waals surface area (Å²) in [5.74, 6) is 0. The lowest BCUT2D eigenvalue weighted by Crippen LogP contribution is -2.25. The zero-order valence-electron chi connectivity index (χ0n) is 10.3. The smallest absolute Gasteiger partial charge is 0.185 e. The van der Waals surface area contributed by atoms with Crippen LogP contribution in [0.1, 0.15) is 31.3 Å². The van der Waals surface area contributed by atoms with E-state index in [0.29, 0.717) is 6.04 Å². The lowest BCUT2D eigenvalue weighted by molar-refractivity contribution is 0.748. The van der Waals surface area contributed by atoms with Crippen molar-refractivity contribution in [3.63, 3.8) is 0 Å². The molecule has 0 atom stereocenters. The molecular weight excluding hydrogens is 206 g/mol. The maximum atomic E-state index is 4.67. The van der Waals surface area contributed by atoms with Crippen LogP contribution in [0.15, 0.2) is 0 Å². The first-order valence-corrected chi connectivity index (χ1v) is 6.27. The predicted molar refractivity (Wildman–Crippen MR) is 67.8 cm³/mol. The molecule has 86 valence electrons. The molecule has 0 fully saturated rings. The monoisotopic (exact) mass is 227 g/mol. The lowest BCUT2D eigenvalue weighted by atomic mass is 10.3. The molecule has 1 rings (SSSR count). The van der Waals surface area contributed by atoms with Gasteiger partial charge in [-0.25, -0.2) is 4.98 Å². The molecule has 4 heteroatoms. The number of anilines is 1. The van der Waals surface area contributed by atoms with E-state index in [1.54, 1.807) is 11.3 Å². The van der Waals surface area contributed by atoms with Crippen LogP contribution in [0.2, 0.25) is 0 Å². The standard InChI is InChI=1S/C11H21N3S/c1-6-9-10(7-12-4)15-11(13-9)14(5)8(2)3/h8,12H,6-7H2,1-5H3. The minimum Gasteiger partial charge on any atom is -0.349 e. The van der Waals surface area contributed by atoms with Gasteiger partial charge in [0, 0.05) is 24.5 Å². The average molecular weight is 227 g/mol. The zero-order valence-corrected chi connectivity index (χ0v) is 11.1. The highest BCUT2D eigenvalue weighted by Crippen LogP contribution is 2.27. The van der Waals surface area contributed by atoms with Gasteiger partial charge >= 0.3 is 0 Å². The molecule has 1 N–H and O–H groups in total. The fourth-order valence-electron chi connectivity index (χ4n) is 1.32. The quantitative estimate of drug-likeness (QED) is 0.836. The van der Waals surface area contributed by atoms with E-state index in [2.05, 4.69) is 43.0 Å². The van der Waals surface area contributed by atoms with Crippen LogP contribution in [0.5, 0.6) is 0 Å². The van der Waals surface area contributed by atoms with E-state index in [0.717, 1.165) is 18.1 Å². The molecular formula is C11H21N3S. The molecule has 0 saturated carbocycles. The largest absolute Gasteiger partial charge is 0.349 e. The van der Waals surface area contributed by atoms with Crippen LogP contribution < -0.4 is 10.2 Å². The molecule has 0 saturated heterocycles. The van der Waals surface area contributed by atoms with Gasteiger partial charge in [0.25, 0.3) is 0 Å². The van der Waals surface area contributed by atoms with Gasteiger partial charge in [0.2, 0.25) is 0 Å². The summed E-state index contributed by atoms with van der Waals surface area (Å²) in [6, 6.07) is 0.503. The Labute approximate surface area is 96.5 Å². The average Bonchev–Trinajstić information content (AvgIpc) is 2.60. The Morgan fingerprint density at radius 1 is 1.47 bits per heavy atom. The van der Waals surface area contributed by atoms with Gasteiger partial charge in [-0.05, 0) is 27.3 Å². The third-order valence-electron chi connectivity index (χ3n) is 2.52. The van der Waals surface area contributed by atoms with E-state index < -0.39 is 0 Å². The van der Waals surface area contributed by atoms with Crippen molar-refractivity contribution >= 4 is 16.5 Å². The number of aromatic nitrogens is 1. The molecule has 0 aliphatic carbocycles. The summed E-state index contributed by atoms with van der Waals surface area (Å²) in [5, 5.41) is 4.32. The van der Waals surface area contributed by atoms with E-state index in [9.17, 15) is 0 Å². The van der Waals surface area contributed by atoms with Crippen LogP contribution in [-0.2, 0) is 13.0 Å². The minimum atomic E-state index is 0.503. The molecule has 1 aromatic rings. The van der Waals surface area contributed by atoms with Crippen molar-refractivity contribution in [2.45, 2.75) is 39.8 Å². The van der Waals surface area contributed by atoms with E-state index in [-0.39, 0.29) is 0 Å². The van der Waals surface area contributed by atoms with Crippen molar-refractivity contribution in [2.75, 3.05) is 19.0 Å². The van der Waals surface area contributed by atoms with Crippen molar-refractivity contribution in [3.05, 3.63) is 10.6 Å². The van der Waals surface area contributed by atoms with Gasteiger partial charge in [0.05, 0.1) is 5.69 Å². The van der Waals surface area contributed by atoms with E-state index >= 15 is 0 Å². The Morgan fingerprint density at radius 3 is 2.60 bits per heavy atom. The third kappa shape index (κ3) is 2.92. The van der Waals surface area contributed by atoms with Crippen LogP contribution in [0.25, 0.3) is 0 Å². The molecule has 3 nitrogen and oxygen atoms in total. The van der Waals surface area contributed by atoms with E-state index in [1.165, 1.54) is 10.6 Å². The molecule has 0 aliphatic heterocycles. The molecule has 0 spiro atoms. The third-order valence-corrected chi connectivity index (χ3v) is 3.70. The van der Waals surface area contributed by atoms with Gasteiger partial charge in [0.1, 0.15) is 0 Å². The molecule has 0 bridgehead atoms. The highest BCUT2D eigenvalue weighted by atomic mass is 32.1. The van der Waals surface area contributed by atoms with Gasteiger partial charge in [-0.15, -0.1) is 11.3 Å². The SMILES string of the molecule is CCc1nc(N(C)C(C)C)sc1CNC. The fourth-order valence-corrected chi connectivity index (χ4v) is 2.57. The Morgan fingerprint density at radius 2 is 2.13 bits per heavy atom. The number of hydrogen-bond donors (Lipinski definition) is 1. The van der Waals surface area contributed by atoms with Gasteiger partial charge < -0.3 is 10.2 Å². The Hall–Kier alpha value is -0.610. The van der Waals surface area contributed by atoms with Crippen LogP contribution in [-0.4, -0.2) is 25.1 Å². The zero-order chi connectivity index (χ0) is 11.4. The number of hydrogen-bond acceptors (Lipinski definition) is 4. The van der Waals surface area contributed by atoms with Gasteiger partial charge in [-0.1, -0.05) is 6.92 Å². The number of thiazole rings is 1. The highest BCUT2D eigenvalue weighted by molar-refractivity contribution is 7.15. The molecule has 15 heavy (non-hydrogen) atoms. The highest BCUT2D eigenvalue weighted by Gasteiger charge is 2.13. The van der Waals surface area contributed by atoms with Crippen molar-refractivity contribution in [3.8, 4) is 0 Å². The Kier molecular flexibility index (Phi) is 4.54. The number of aryl methyl sites for hydroxylation is 1. The second kappa shape index (κ2) is 5.47. The maximum absolute atomic E-state index is 4.67. The van der Waals surface area contributed by atoms with Crippen LogP contribution in [0, 0.1) is 0 Å². The first-order valence-electron chi connectivity index (χ1n) is 5.46. The van der Waals surface area contributed by atoms with Crippen LogP contribution in [0.4, 0.5) is 5.13 Å². The minimum absolute atomic E-state index is 0.503. The van der Waals surface area contributed by atoms with Crippen LogP contribution in [0.3, 0.4) is 0 Å². The lowest BCUT2D eigenvalue weighted by Gasteiger charge is -2.19. The first-order chi connectivity index (χ1) is 7.10. The normalized spacial score (nSPS) is 11.1. The molecule has 0 aromatic carbocycles. The van der Waals surface area contributed by atoms with Gasteiger partial charge in [0.15, 0.2) is 5.13 Å². The van der Waals surface area contributed by atoms with Gasteiger partial charge in [-0.2, -0.15) is 0 Å².